The number of likely N-dealkylation sites (tertiary alicyclic amines) is 1. The van der Waals surface area contributed by atoms with Crippen molar-refractivity contribution >= 4 is 11.9 Å². The van der Waals surface area contributed by atoms with E-state index in [4.69, 9.17) is 9.90 Å². The lowest BCUT2D eigenvalue weighted by Gasteiger charge is -2.46. The molecular weight excluding hydrogens is 430 g/mol. The fraction of sp³-hybridized carbons (Fsp3) is 0.524. The second kappa shape index (κ2) is 10.2. The Morgan fingerprint density at radius 3 is 2.06 bits per heavy atom. The van der Waals surface area contributed by atoms with Gasteiger partial charge in [0.15, 0.2) is 5.82 Å². The predicted molar refractivity (Wildman–Crippen MR) is 108 cm³/mol. The summed E-state index contributed by atoms with van der Waals surface area (Å²) in [4.78, 5) is 26.3. The Labute approximate surface area is 183 Å². The number of nitrogens with zero attached hydrogens (tertiary/aromatic N) is 5. The summed E-state index contributed by atoms with van der Waals surface area (Å²) in [6.45, 7) is 5.16. The first-order valence-electron chi connectivity index (χ1n) is 10.3. The fourth-order valence-corrected chi connectivity index (χ4v) is 4.06. The second-order valence-corrected chi connectivity index (χ2v) is 8.09. The Bertz CT molecular complexity index is 862. The van der Waals surface area contributed by atoms with Gasteiger partial charge in [-0.25, -0.2) is 19.2 Å². The zero-order valence-corrected chi connectivity index (χ0v) is 17.4. The molecule has 4 rings (SSSR count). The summed E-state index contributed by atoms with van der Waals surface area (Å²) in [5.41, 5.74) is 1.61. The molecule has 7 nitrogen and oxygen atoms in total. The van der Waals surface area contributed by atoms with Gasteiger partial charge in [0, 0.05) is 25.8 Å². The molecule has 0 atom stereocenters. The van der Waals surface area contributed by atoms with Gasteiger partial charge in [0.05, 0.1) is 18.1 Å². The van der Waals surface area contributed by atoms with Crippen LogP contribution in [-0.2, 0) is 11.3 Å². The average molecular weight is 455 g/mol. The Balaban J connectivity index is 0.000000360. The number of anilines is 1. The Kier molecular flexibility index (Phi) is 7.60. The normalized spacial score (nSPS) is 18.7. The quantitative estimate of drug-likeness (QED) is 0.709. The Morgan fingerprint density at radius 2 is 1.56 bits per heavy atom. The molecule has 2 fully saturated rings. The lowest BCUT2D eigenvalue weighted by Crippen LogP contribution is -2.47. The van der Waals surface area contributed by atoms with Crippen molar-refractivity contribution in [2.75, 3.05) is 31.1 Å². The van der Waals surface area contributed by atoms with Crippen molar-refractivity contribution in [2.45, 2.75) is 38.4 Å². The number of aliphatic carboxylic acids is 1. The minimum absolute atomic E-state index is 0.377. The van der Waals surface area contributed by atoms with Crippen molar-refractivity contribution < 1.29 is 27.5 Å². The first-order chi connectivity index (χ1) is 15.2. The molecule has 1 N–H and O–H groups in total. The molecule has 11 heteroatoms. The van der Waals surface area contributed by atoms with Gasteiger partial charge in [-0.1, -0.05) is 6.07 Å². The third kappa shape index (κ3) is 6.59. The van der Waals surface area contributed by atoms with Crippen LogP contribution in [0.5, 0.6) is 0 Å². The van der Waals surface area contributed by atoms with E-state index in [1.54, 1.807) is 0 Å². The summed E-state index contributed by atoms with van der Waals surface area (Å²) in [6, 6.07) is 6.12. The van der Waals surface area contributed by atoms with E-state index < -0.39 is 12.1 Å². The van der Waals surface area contributed by atoms with E-state index in [0.717, 1.165) is 38.4 Å². The SMILES string of the molecule is Fc1cnc(N2CCC3(CCN(Cc4ccccn4)CC3)CC2)nc1.O=C(O)C(F)(F)F. The van der Waals surface area contributed by atoms with Crippen molar-refractivity contribution in [1.29, 1.82) is 0 Å². The molecule has 0 aliphatic carbocycles. The number of aromatic nitrogens is 3. The van der Waals surface area contributed by atoms with E-state index in [1.165, 1.54) is 38.1 Å². The number of halogens is 4. The molecule has 174 valence electrons. The Hall–Kier alpha value is -2.82. The molecule has 0 saturated carbocycles. The molecule has 1 spiro atoms. The van der Waals surface area contributed by atoms with Crippen LogP contribution in [0.3, 0.4) is 0 Å². The fourth-order valence-electron chi connectivity index (χ4n) is 4.06. The maximum absolute atomic E-state index is 13.0. The summed E-state index contributed by atoms with van der Waals surface area (Å²) in [5, 5.41) is 7.12. The topological polar surface area (TPSA) is 82.5 Å². The van der Waals surface area contributed by atoms with E-state index in [1.807, 2.05) is 12.3 Å². The third-order valence-corrected chi connectivity index (χ3v) is 5.98. The van der Waals surface area contributed by atoms with Crippen molar-refractivity contribution in [3.8, 4) is 0 Å². The molecule has 4 heterocycles. The van der Waals surface area contributed by atoms with Crippen LogP contribution >= 0.6 is 0 Å². The average Bonchev–Trinajstić information content (AvgIpc) is 2.77. The molecule has 2 saturated heterocycles. The van der Waals surface area contributed by atoms with E-state index >= 15 is 0 Å². The zero-order chi connectivity index (χ0) is 23.2. The molecule has 2 aromatic heterocycles. The minimum Gasteiger partial charge on any atom is -0.475 e. The molecule has 0 unspecified atom stereocenters. The second-order valence-electron chi connectivity index (χ2n) is 8.09. The van der Waals surface area contributed by atoms with Crippen molar-refractivity contribution in [2.24, 2.45) is 5.41 Å². The van der Waals surface area contributed by atoms with E-state index in [2.05, 4.69) is 36.9 Å². The van der Waals surface area contributed by atoms with Gasteiger partial charge in [-0.3, -0.25) is 9.88 Å². The van der Waals surface area contributed by atoms with Crippen molar-refractivity contribution in [1.82, 2.24) is 19.9 Å². The standard InChI is InChI=1S/C19H24FN5.C2HF3O2/c20-16-13-22-18(23-14-16)25-11-6-19(7-12-25)4-9-24(10-5-19)15-17-3-1-2-8-21-17;3-2(4,5)1(6)7/h1-3,8,13-14H,4-7,9-12,15H2;(H,6,7). The Morgan fingerprint density at radius 1 is 1.00 bits per heavy atom. The highest BCUT2D eigenvalue weighted by atomic mass is 19.4. The van der Waals surface area contributed by atoms with Gasteiger partial charge in [-0.15, -0.1) is 0 Å². The largest absolute Gasteiger partial charge is 0.490 e. The molecular formula is C21H25F4N5O2. The first kappa shape index (κ1) is 23.8. The third-order valence-electron chi connectivity index (χ3n) is 5.98. The molecule has 0 amide bonds. The summed E-state index contributed by atoms with van der Waals surface area (Å²) in [5.74, 6) is -2.48. The van der Waals surface area contributed by atoms with Gasteiger partial charge in [0.25, 0.3) is 0 Å². The van der Waals surface area contributed by atoms with Crippen LogP contribution in [0.1, 0.15) is 31.4 Å². The van der Waals surface area contributed by atoms with Gasteiger partial charge in [-0.2, -0.15) is 13.2 Å². The number of carboxylic acids is 1. The van der Waals surface area contributed by atoms with Crippen LogP contribution < -0.4 is 4.90 Å². The maximum atomic E-state index is 13.0. The van der Waals surface area contributed by atoms with Gasteiger partial charge < -0.3 is 10.0 Å². The van der Waals surface area contributed by atoms with E-state index in [-0.39, 0.29) is 5.82 Å². The van der Waals surface area contributed by atoms with E-state index in [9.17, 15) is 17.6 Å². The summed E-state index contributed by atoms with van der Waals surface area (Å²) >= 11 is 0. The van der Waals surface area contributed by atoms with Gasteiger partial charge in [0.1, 0.15) is 0 Å². The number of carboxylic acid groups (broad SMARTS) is 1. The first-order valence-corrected chi connectivity index (χ1v) is 10.3. The molecule has 2 aromatic rings. The van der Waals surface area contributed by atoms with Crippen LogP contribution in [0.15, 0.2) is 36.8 Å². The predicted octanol–water partition coefficient (Wildman–Crippen LogP) is 3.53. The molecule has 2 aliphatic rings. The van der Waals surface area contributed by atoms with Gasteiger partial charge in [0.2, 0.25) is 5.95 Å². The number of carbonyl (C=O) groups is 1. The zero-order valence-electron chi connectivity index (χ0n) is 17.4. The smallest absolute Gasteiger partial charge is 0.475 e. The van der Waals surface area contributed by atoms with Crippen molar-refractivity contribution in [3.05, 3.63) is 48.3 Å². The summed E-state index contributed by atoms with van der Waals surface area (Å²) in [6.07, 6.45) is 4.13. The van der Waals surface area contributed by atoms with Crippen LogP contribution in [0.4, 0.5) is 23.5 Å². The van der Waals surface area contributed by atoms with Gasteiger partial charge >= 0.3 is 12.1 Å². The van der Waals surface area contributed by atoms with Crippen LogP contribution in [-0.4, -0.2) is 63.3 Å². The number of pyridine rings is 1. The molecule has 0 bridgehead atoms. The number of rotatable bonds is 3. The summed E-state index contributed by atoms with van der Waals surface area (Å²) < 4.78 is 44.7. The van der Waals surface area contributed by atoms with Crippen LogP contribution in [0.25, 0.3) is 0 Å². The highest BCUT2D eigenvalue weighted by molar-refractivity contribution is 5.73. The highest BCUT2D eigenvalue weighted by Gasteiger charge is 2.39. The lowest BCUT2D eigenvalue weighted by atomic mass is 9.71. The number of hydrogen-bond donors (Lipinski definition) is 1. The number of alkyl halides is 3. The molecule has 32 heavy (non-hydrogen) atoms. The van der Waals surface area contributed by atoms with Crippen LogP contribution in [0.2, 0.25) is 0 Å². The minimum atomic E-state index is -5.08. The number of piperidine rings is 2. The van der Waals surface area contributed by atoms with E-state index in [0.29, 0.717) is 11.4 Å². The highest BCUT2D eigenvalue weighted by Crippen LogP contribution is 2.41. The molecule has 2 aliphatic heterocycles. The summed E-state index contributed by atoms with van der Waals surface area (Å²) in [7, 11) is 0. The monoisotopic (exact) mass is 455 g/mol. The maximum Gasteiger partial charge on any atom is 0.490 e. The van der Waals surface area contributed by atoms with Crippen LogP contribution in [0, 0.1) is 11.2 Å². The van der Waals surface area contributed by atoms with Crippen molar-refractivity contribution in [3.63, 3.8) is 0 Å². The van der Waals surface area contributed by atoms with Gasteiger partial charge in [-0.05, 0) is 56.3 Å². The molecule has 0 aromatic carbocycles. The molecule has 0 radical (unpaired) electrons. The number of hydrogen-bond acceptors (Lipinski definition) is 6. The lowest BCUT2D eigenvalue weighted by molar-refractivity contribution is -0.192.